The van der Waals surface area contributed by atoms with Crippen LogP contribution < -0.4 is 10.6 Å². The number of anilines is 1. The third kappa shape index (κ3) is 4.42. The fourth-order valence-electron chi connectivity index (χ4n) is 4.30. The molecule has 0 saturated heterocycles. The molecule has 2 heterocycles. The molecule has 7 nitrogen and oxygen atoms in total. The summed E-state index contributed by atoms with van der Waals surface area (Å²) in [6.07, 6.45) is 4.81. The minimum absolute atomic E-state index is 0.188. The molecule has 0 saturated carbocycles. The lowest BCUT2D eigenvalue weighted by atomic mass is 9.89. The van der Waals surface area contributed by atoms with Gasteiger partial charge in [-0.3, -0.25) is 9.59 Å². The molecule has 1 aromatic heterocycles. The van der Waals surface area contributed by atoms with E-state index < -0.39 is 17.5 Å². The largest absolute Gasteiger partial charge is 0.445 e. The van der Waals surface area contributed by atoms with E-state index in [1.165, 1.54) is 11.3 Å². The molecule has 0 spiro atoms. The molecule has 1 aromatic carbocycles. The minimum atomic E-state index is -1.35. The summed E-state index contributed by atoms with van der Waals surface area (Å²) in [5.74, 6) is -1.12. The van der Waals surface area contributed by atoms with Crippen LogP contribution in [0.3, 0.4) is 0 Å². The lowest BCUT2D eigenvalue weighted by Crippen LogP contribution is -2.49. The van der Waals surface area contributed by atoms with Gasteiger partial charge in [-0.05, 0) is 56.2 Å². The number of nitrogens with one attached hydrogen (secondary N) is 2. The number of carbonyl (C=O) groups is 3. The Morgan fingerprint density at radius 1 is 1.22 bits per heavy atom. The number of rotatable bonds is 7. The number of carbonyl (C=O) groups excluding carboxylic acids is 3. The third-order valence-electron chi connectivity index (χ3n) is 6.00. The van der Waals surface area contributed by atoms with Crippen LogP contribution >= 0.6 is 11.3 Å². The maximum Gasteiger partial charge on any atom is 0.339 e. The lowest BCUT2D eigenvalue weighted by Gasteiger charge is -2.32. The van der Waals surface area contributed by atoms with Gasteiger partial charge in [0.25, 0.3) is 11.8 Å². The Bertz CT molecular complexity index is 1050. The lowest BCUT2D eigenvalue weighted by molar-refractivity contribution is -0.134. The van der Waals surface area contributed by atoms with Crippen molar-refractivity contribution in [2.75, 3.05) is 25.6 Å². The van der Waals surface area contributed by atoms with Crippen LogP contribution in [0, 0.1) is 0 Å². The van der Waals surface area contributed by atoms with Gasteiger partial charge in [0.1, 0.15) is 5.00 Å². The second kappa shape index (κ2) is 9.42. The van der Waals surface area contributed by atoms with Crippen LogP contribution in [0.2, 0.25) is 0 Å². The highest BCUT2D eigenvalue weighted by molar-refractivity contribution is 7.17. The van der Waals surface area contributed by atoms with Gasteiger partial charge in [0, 0.05) is 31.6 Å². The van der Waals surface area contributed by atoms with Gasteiger partial charge in [0.15, 0.2) is 5.60 Å². The van der Waals surface area contributed by atoms with Gasteiger partial charge in [-0.1, -0.05) is 18.2 Å². The van der Waals surface area contributed by atoms with Gasteiger partial charge >= 0.3 is 5.97 Å². The van der Waals surface area contributed by atoms with Crippen molar-refractivity contribution in [3.63, 3.8) is 0 Å². The summed E-state index contributed by atoms with van der Waals surface area (Å²) in [5, 5.41) is 6.40. The van der Waals surface area contributed by atoms with E-state index >= 15 is 0 Å². The number of benzene rings is 1. The van der Waals surface area contributed by atoms with Gasteiger partial charge in [0.05, 0.1) is 11.1 Å². The number of thiophene rings is 1. The molecule has 1 aliphatic heterocycles. The molecule has 0 fully saturated rings. The van der Waals surface area contributed by atoms with Crippen molar-refractivity contribution in [2.24, 2.45) is 0 Å². The van der Waals surface area contributed by atoms with Crippen LogP contribution in [-0.2, 0) is 33.5 Å². The number of cyclic esters (lactones) is 1. The Balaban J connectivity index is 1.57. The first-order chi connectivity index (χ1) is 15.4. The first-order valence-corrected chi connectivity index (χ1v) is 11.8. The van der Waals surface area contributed by atoms with Crippen LogP contribution in [0.15, 0.2) is 24.3 Å². The average molecular weight is 457 g/mol. The number of methoxy groups -OCH3 is 1. The van der Waals surface area contributed by atoms with Gasteiger partial charge in [-0.25, -0.2) is 4.79 Å². The molecule has 1 atom stereocenters. The van der Waals surface area contributed by atoms with Crippen LogP contribution in [0.5, 0.6) is 0 Å². The second-order valence-electron chi connectivity index (χ2n) is 8.43. The molecule has 2 N–H and O–H groups in total. The molecule has 2 aromatic rings. The highest BCUT2D eigenvalue weighted by atomic mass is 32.1. The Labute approximate surface area is 191 Å². The Morgan fingerprint density at radius 2 is 2.00 bits per heavy atom. The Hall–Kier alpha value is -2.71. The van der Waals surface area contributed by atoms with E-state index in [0.717, 1.165) is 41.7 Å². The smallest absolute Gasteiger partial charge is 0.339 e. The minimum Gasteiger partial charge on any atom is -0.445 e. The first kappa shape index (κ1) is 22.5. The molecule has 0 radical (unpaired) electrons. The topological polar surface area (TPSA) is 93.7 Å². The van der Waals surface area contributed by atoms with Crippen LogP contribution in [0.1, 0.15) is 62.9 Å². The SMILES string of the molecule is COCCCNC(=O)c1c(NC(=O)C2(C)Cc3ccccc3C(=O)O2)sc2c1CCCC2. The second-order valence-corrected chi connectivity index (χ2v) is 9.53. The molecule has 2 aliphatic rings. The van der Waals surface area contributed by atoms with Gasteiger partial charge < -0.3 is 20.1 Å². The number of esters is 1. The van der Waals surface area contributed by atoms with Gasteiger partial charge in [-0.2, -0.15) is 0 Å². The van der Waals surface area contributed by atoms with Crippen molar-refractivity contribution in [1.82, 2.24) is 5.32 Å². The summed E-state index contributed by atoms with van der Waals surface area (Å²) >= 11 is 1.45. The summed E-state index contributed by atoms with van der Waals surface area (Å²) in [4.78, 5) is 40.0. The van der Waals surface area contributed by atoms with Gasteiger partial charge in [-0.15, -0.1) is 11.3 Å². The van der Waals surface area contributed by atoms with E-state index in [4.69, 9.17) is 9.47 Å². The molecule has 8 heteroatoms. The summed E-state index contributed by atoms with van der Waals surface area (Å²) < 4.78 is 10.6. The molecular formula is C24H28N2O5S. The maximum atomic E-state index is 13.3. The predicted molar refractivity (Wildman–Crippen MR) is 122 cm³/mol. The fourth-order valence-corrected chi connectivity index (χ4v) is 5.58. The average Bonchev–Trinajstić information content (AvgIpc) is 3.14. The number of fused-ring (bicyclic) bond motifs is 2. The number of hydrogen-bond acceptors (Lipinski definition) is 6. The molecule has 2 amide bonds. The molecule has 170 valence electrons. The van der Waals surface area contributed by atoms with E-state index in [2.05, 4.69) is 10.6 Å². The molecule has 0 bridgehead atoms. The summed E-state index contributed by atoms with van der Waals surface area (Å²) in [7, 11) is 1.63. The molecule has 4 rings (SSSR count). The molecule has 1 aliphatic carbocycles. The zero-order valence-corrected chi connectivity index (χ0v) is 19.2. The van der Waals surface area contributed by atoms with E-state index in [1.54, 1.807) is 26.2 Å². The van der Waals surface area contributed by atoms with Crippen molar-refractivity contribution < 1.29 is 23.9 Å². The summed E-state index contributed by atoms with van der Waals surface area (Å²) in [6.45, 7) is 2.68. The van der Waals surface area contributed by atoms with E-state index in [1.807, 2.05) is 12.1 Å². The van der Waals surface area contributed by atoms with Gasteiger partial charge in [0.2, 0.25) is 0 Å². The quantitative estimate of drug-likeness (QED) is 0.491. The zero-order chi connectivity index (χ0) is 22.7. The highest BCUT2D eigenvalue weighted by Gasteiger charge is 2.43. The number of hydrogen-bond donors (Lipinski definition) is 2. The van der Waals surface area contributed by atoms with E-state index in [9.17, 15) is 14.4 Å². The van der Waals surface area contributed by atoms with Crippen molar-refractivity contribution in [1.29, 1.82) is 0 Å². The number of aryl methyl sites for hydroxylation is 1. The first-order valence-electron chi connectivity index (χ1n) is 11.0. The highest BCUT2D eigenvalue weighted by Crippen LogP contribution is 2.39. The van der Waals surface area contributed by atoms with Crippen molar-refractivity contribution in [3.05, 3.63) is 51.4 Å². The van der Waals surface area contributed by atoms with Crippen LogP contribution in [0.25, 0.3) is 0 Å². The third-order valence-corrected chi connectivity index (χ3v) is 7.21. The Kier molecular flexibility index (Phi) is 6.62. The molecule has 1 unspecified atom stereocenters. The zero-order valence-electron chi connectivity index (χ0n) is 18.4. The molecule has 32 heavy (non-hydrogen) atoms. The Morgan fingerprint density at radius 3 is 2.81 bits per heavy atom. The predicted octanol–water partition coefficient (Wildman–Crippen LogP) is 3.50. The summed E-state index contributed by atoms with van der Waals surface area (Å²) in [5.41, 5.74) is 1.49. The maximum absolute atomic E-state index is 13.3. The fraction of sp³-hybridized carbons (Fsp3) is 0.458. The normalized spacial score (nSPS) is 19.5. The number of ether oxygens (including phenoxy) is 2. The monoisotopic (exact) mass is 456 g/mol. The van der Waals surface area contributed by atoms with E-state index in [-0.39, 0.29) is 12.3 Å². The van der Waals surface area contributed by atoms with E-state index in [0.29, 0.717) is 35.7 Å². The standard InChI is InChI=1S/C24H28N2O5S/c1-24(14-15-8-3-4-9-16(15)22(28)31-24)23(29)26-21-19(20(27)25-12-7-13-30-2)17-10-5-6-11-18(17)32-21/h3-4,8-9H,5-7,10-14H2,1-2H3,(H,25,27)(H,26,29). The van der Waals surface area contributed by atoms with Crippen molar-refractivity contribution in [3.8, 4) is 0 Å². The summed E-state index contributed by atoms with van der Waals surface area (Å²) in [6, 6.07) is 7.16. The van der Waals surface area contributed by atoms with Crippen LogP contribution in [0.4, 0.5) is 5.00 Å². The van der Waals surface area contributed by atoms with Crippen molar-refractivity contribution in [2.45, 2.75) is 51.0 Å². The van der Waals surface area contributed by atoms with Crippen LogP contribution in [-0.4, -0.2) is 43.6 Å². The number of amides is 2. The van der Waals surface area contributed by atoms with Crippen molar-refractivity contribution >= 4 is 34.1 Å². The molecular weight excluding hydrogens is 428 g/mol.